The number of hydrogen-bond acceptors (Lipinski definition) is 2. The average Bonchev–Trinajstić information content (AvgIpc) is 2.61. The van der Waals surface area contributed by atoms with E-state index >= 15 is 0 Å². The molecule has 1 aromatic carbocycles. The van der Waals surface area contributed by atoms with Gasteiger partial charge in [-0.3, -0.25) is 4.79 Å². The Morgan fingerprint density at radius 2 is 2.07 bits per heavy atom. The summed E-state index contributed by atoms with van der Waals surface area (Å²) in [6, 6.07) is 7.74. The predicted molar refractivity (Wildman–Crippen MR) is 60.1 cm³/mol. The Morgan fingerprint density at radius 3 is 2.67 bits per heavy atom. The zero-order valence-corrected chi connectivity index (χ0v) is 9.20. The van der Waals surface area contributed by atoms with Crippen molar-refractivity contribution in [1.82, 2.24) is 0 Å². The number of aryl methyl sites for hydroxylation is 1. The average molecular weight is 202 g/mol. The lowest BCUT2D eigenvalue weighted by molar-refractivity contribution is 0.0913. The van der Waals surface area contributed by atoms with Crippen LogP contribution in [0.25, 0.3) is 11.0 Å². The number of carbonyl (C=O) groups is 1. The summed E-state index contributed by atoms with van der Waals surface area (Å²) in [6.07, 6.45) is 0. The molecule has 2 heteroatoms. The molecule has 0 aliphatic carbocycles. The standard InChI is InChI=1S/C13H14O2/c1-8(2)12(14)11-7-10-6-4-5-9(3)13(10)15-11/h4-8H,1-3H3. The molecule has 0 aliphatic heterocycles. The third-order valence-electron chi connectivity index (χ3n) is 2.51. The first kappa shape index (κ1) is 9.97. The maximum absolute atomic E-state index is 11.7. The van der Waals surface area contributed by atoms with Gasteiger partial charge in [-0.05, 0) is 18.6 Å². The van der Waals surface area contributed by atoms with Gasteiger partial charge in [-0.2, -0.15) is 0 Å². The van der Waals surface area contributed by atoms with E-state index in [-0.39, 0.29) is 11.7 Å². The van der Waals surface area contributed by atoms with Gasteiger partial charge in [0, 0.05) is 11.3 Å². The molecule has 1 heterocycles. The smallest absolute Gasteiger partial charge is 0.200 e. The molecule has 78 valence electrons. The van der Waals surface area contributed by atoms with E-state index in [1.807, 2.05) is 45.0 Å². The summed E-state index contributed by atoms with van der Waals surface area (Å²) >= 11 is 0. The second-order valence-electron chi connectivity index (χ2n) is 4.12. The Bertz CT molecular complexity index is 506. The molecule has 0 N–H and O–H groups in total. The largest absolute Gasteiger partial charge is 0.453 e. The van der Waals surface area contributed by atoms with Gasteiger partial charge in [0.15, 0.2) is 5.76 Å². The summed E-state index contributed by atoms with van der Waals surface area (Å²) in [4.78, 5) is 11.7. The first-order valence-electron chi connectivity index (χ1n) is 5.13. The van der Waals surface area contributed by atoms with Crippen molar-refractivity contribution in [3.8, 4) is 0 Å². The number of ketones is 1. The van der Waals surface area contributed by atoms with Crippen LogP contribution in [0.4, 0.5) is 0 Å². The van der Waals surface area contributed by atoms with E-state index in [0.29, 0.717) is 5.76 Å². The minimum Gasteiger partial charge on any atom is -0.453 e. The second-order valence-corrected chi connectivity index (χ2v) is 4.12. The topological polar surface area (TPSA) is 30.2 Å². The summed E-state index contributed by atoms with van der Waals surface area (Å²) in [5, 5.41) is 0.999. The van der Waals surface area contributed by atoms with Crippen LogP contribution in [0.1, 0.15) is 30.0 Å². The molecule has 0 unspecified atom stereocenters. The summed E-state index contributed by atoms with van der Waals surface area (Å²) in [7, 11) is 0. The number of rotatable bonds is 2. The van der Waals surface area contributed by atoms with Crippen molar-refractivity contribution >= 4 is 16.8 Å². The lowest BCUT2D eigenvalue weighted by Gasteiger charge is -1.98. The molecule has 0 bridgehead atoms. The van der Waals surface area contributed by atoms with Gasteiger partial charge >= 0.3 is 0 Å². The van der Waals surface area contributed by atoms with Crippen molar-refractivity contribution in [1.29, 1.82) is 0 Å². The third-order valence-corrected chi connectivity index (χ3v) is 2.51. The van der Waals surface area contributed by atoms with Gasteiger partial charge in [-0.15, -0.1) is 0 Å². The van der Waals surface area contributed by atoms with Crippen LogP contribution < -0.4 is 0 Å². The van der Waals surface area contributed by atoms with Crippen molar-refractivity contribution in [2.24, 2.45) is 5.92 Å². The van der Waals surface area contributed by atoms with Crippen LogP contribution in [0, 0.1) is 12.8 Å². The maximum Gasteiger partial charge on any atom is 0.200 e. The van der Waals surface area contributed by atoms with Crippen molar-refractivity contribution in [3.63, 3.8) is 0 Å². The van der Waals surface area contributed by atoms with Gasteiger partial charge in [0.2, 0.25) is 5.78 Å². The van der Waals surface area contributed by atoms with E-state index in [0.717, 1.165) is 16.5 Å². The molecule has 0 saturated carbocycles. The van der Waals surface area contributed by atoms with Crippen LogP contribution in [0.2, 0.25) is 0 Å². The van der Waals surface area contributed by atoms with E-state index in [1.165, 1.54) is 0 Å². The molecule has 15 heavy (non-hydrogen) atoms. The fourth-order valence-corrected chi connectivity index (χ4v) is 1.61. The number of furan rings is 1. The minimum atomic E-state index is -0.0223. The number of fused-ring (bicyclic) bond motifs is 1. The Hall–Kier alpha value is -1.57. The van der Waals surface area contributed by atoms with E-state index in [2.05, 4.69) is 0 Å². The highest BCUT2D eigenvalue weighted by atomic mass is 16.3. The first-order chi connectivity index (χ1) is 7.09. The molecule has 1 aromatic heterocycles. The fourth-order valence-electron chi connectivity index (χ4n) is 1.61. The van der Waals surface area contributed by atoms with E-state index < -0.39 is 0 Å². The second kappa shape index (κ2) is 3.54. The van der Waals surface area contributed by atoms with Crippen molar-refractivity contribution < 1.29 is 9.21 Å². The van der Waals surface area contributed by atoms with Gasteiger partial charge < -0.3 is 4.42 Å². The first-order valence-corrected chi connectivity index (χ1v) is 5.13. The van der Waals surface area contributed by atoms with Gasteiger partial charge in [-0.25, -0.2) is 0 Å². The van der Waals surface area contributed by atoms with Crippen molar-refractivity contribution in [2.45, 2.75) is 20.8 Å². The molecule has 2 aromatic rings. The molecule has 0 spiro atoms. The molecule has 0 fully saturated rings. The molecule has 2 nitrogen and oxygen atoms in total. The lowest BCUT2D eigenvalue weighted by Crippen LogP contribution is -2.05. The number of carbonyl (C=O) groups excluding carboxylic acids is 1. The lowest BCUT2D eigenvalue weighted by atomic mass is 10.1. The summed E-state index contributed by atoms with van der Waals surface area (Å²) in [5.41, 5.74) is 1.89. The number of para-hydroxylation sites is 1. The Kier molecular flexibility index (Phi) is 2.35. The Balaban J connectivity index is 2.57. The highest BCUT2D eigenvalue weighted by Crippen LogP contribution is 2.24. The summed E-state index contributed by atoms with van der Waals surface area (Å²) in [6.45, 7) is 5.74. The molecule has 0 amide bonds. The number of Topliss-reactive ketones (excluding diaryl/α,β-unsaturated/α-hetero) is 1. The van der Waals surface area contributed by atoms with Crippen LogP contribution >= 0.6 is 0 Å². The Labute approximate surface area is 88.9 Å². The molecule has 0 saturated heterocycles. The van der Waals surface area contributed by atoms with Gasteiger partial charge in [-0.1, -0.05) is 32.0 Å². The van der Waals surface area contributed by atoms with E-state index in [4.69, 9.17) is 4.42 Å². The van der Waals surface area contributed by atoms with Gasteiger partial charge in [0.25, 0.3) is 0 Å². The van der Waals surface area contributed by atoms with E-state index in [9.17, 15) is 4.79 Å². The van der Waals surface area contributed by atoms with E-state index in [1.54, 1.807) is 0 Å². The van der Waals surface area contributed by atoms with Crippen LogP contribution in [0.15, 0.2) is 28.7 Å². The highest BCUT2D eigenvalue weighted by molar-refractivity contribution is 5.99. The molecule has 2 rings (SSSR count). The Morgan fingerprint density at radius 1 is 1.33 bits per heavy atom. The third kappa shape index (κ3) is 1.67. The maximum atomic E-state index is 11.7. The van der Waals surface area contributed by atoms with Crippen LogP contribution in [-0.2, 0) is 0 Å². The fraction of sp³-hybridized carbons (Fsp3) is 0.308. The van der Waals surface area contributed by atoms with Crippen LogP contribution in [-0.4, -0.2) is 5.78 Å². The SMILES string of the molecule is Cc1cccc2cc(C(=O)C(C)C)oc12. The molecule has 0 aliphatic rings. The molecular formula is C13H14O2. The number of hydrogen-bond donors (Lipinski definition) is 0. The quantitative estimate of drug-likeness (QED) is 0.697. The monoisotopic (exact) mass is 202 g/mol. The highest BCUT2D eigenvalue weighted by Gasteiger charge is 2.15. The molecular weight excluding hydrogens is 188 g/mol. The number of benzene rings is 1. The summed E-state index contributed by atoms with van der Waals surface area (Å²) < 4.78 is 5.57. The minimum absolute atomic E-state index is 0.0223. The molecule has 0 radical (unpaired) electrons. The van der Waals surface area contributed by atoms with Gasteiger partial charge in [0.05, 0.1) is 0 Å². The van der Waals surface area contributed by atoms with Gasteiger partial charge in [0.1, 0.15) is 5.58 Å². The van der Waals surface area contributed by atoms with Crippen LogP contribution in [0.5, 0.6) is 0 Å². The zero-order chi connectivity index (χ0) is 11.0. The predicted octanol–water partition coefficient (Wildman–Crippen LogP) is 3.58. The van der Waals surface area contributed by atoms with Crippen LogP contribution in [0.3, 0.4) is 0 Å². The van der Waals surface area contributed by atoms with Crippen molar-refractivity contribution in [2.75, 3.05) is 0 Å². The van der Waals surface area contributed by atoms with Crippen molar-refractivity contribution in [3.05, 3.63) is 35.6 Å². The molecule has 0 atom stereocenters. The normalized spacial score (nSPS) is 11.2. The summed E-state index contributed by atoms with van der Waals surface area (Å²) in [5.74, 6) is 0.505. The zero-order valence-electron chi connectivity index (χ0n) is 9.20.